The van der Waals surface area contributed by atoms with Gasteiger partial charge in [0.2, 0.25) is 0 Å². The third-order valence-corrected chi connectivity index (χ3v) is 2.30. The first-order chi connectivity index (χ1) is 7.29. The van der Waals surface area contributed by atoms with E-state index in [-0.39, 0.29) is 6.42 Å². The Labute approximate surface area is 94.4 Å². The summed E-state index contributed by atoms with van der Waals surface area (Å²) in [4.78, 5) is 14.3. The van der Waals surface area contributed by atoms with Gasteiger partial charge < -0.3 is 9.32 Å². The van der Waals surface area contributed by atoms with Crippen molar-refractivity contribution in [3.05, 3.63) is 34.6 Å². The van der Waals surface area contributed by atoms with Crippen LogP contribution in [0.2, 0.25) is 0 Å². The first kappa shape index (κ1) is 10.0. The molecule has 15 heavy (non-hydrogen) atoms. The molecule has 0 aliphatic carbocycles. The number of carbonyl (C=O) groups is 1. The van der Waals surface area contributed by atoms with Gasteiger partial charge in [0.15, 0.2) is 5.82 Å². The fraction of sp³-hybridized carbons (Fsp3) is 0.100. The van der Waals surface area contributed by atoms with E-state index in [0.29, 0.717) is 11.7 Å². The van der Waals surface area contributed by atoms with Gasteiger partial charge in [0.25, 0.3) is 5.89 Å². The maximum atomic E-state index is 10.2. The highest BCUT2D eigenvalue weighted by molar-refractivity contribution is 9.10. The molecular weight excluding hydrogens is 260 g/mol. The Balaban J connectivity index is 2.32. The highest BCUT2D eigenvalue weighted by Crippen LogP contribution is 2.21. The Morgan fingerprint density at radius 3 is 3.07 bits per heavy atom. The summed E-state index contributed by atoms with van der Waals surface area (Å²) in [6.07, 6.45) is 0.924. The van der Waals surface area contributed by atoms with Gasteiger partial charge in [-0.3, -0.25) is 0 Å². The molecule has 0 unspecified atom stereocenters. The fourth-order valence-corrected chi connectivity index (χ4v) is 1.55. The van der Waals surface area contributed by atoms with Gasteiger partial charge in [0, 0.05) is 10.0 Å². The molecule has 0 fully saturated rings. The molecule has 0 bridgehead atoms. The Kier molecular flexibility index (Phi) is 2.91. The molecule has 1 heterocycles. The van der Waals surface area contributed by atoms with Gasteiger partial charge in [-0.05, 0) is 18.2 Å². The van der Waals surface area contributed by atoms with E-state index in [0.717, 1.165) is 16.3 Å². The minimum atomic E-state index is 0.178. The molecule has 0 atom stereocenters. The zero-order valence-corrected chi connectivity index (χ0v) is 9.27. The first-order valence-corrected chi connectivity index (χ1v) is 5.11. The van der Waals surface area contributed by atoms with E-state index in [9.17, 15) is 4.79 Å². The third-order valence-electron chi connectivity index (χ3n) is 1.81. The van der Waals surface area contributed by atoms with Gasteiger partial charge in [-0.25, -0.2) is 0 Å². The smallest absolute Gasteiger partial charge is 0.257 e. The van der Waals surface area contributed by atoms with Gasteiger partial charge in [-0.2, -0.15) is 4.98 Å². The second-order valence-electron chi connectivity index (χ2n) is 2.90. The summed E-state index contributed by atoms with van der Waals surface area (Å²) in [5, 5.41) is 3.68. The maximum Gasteiger partial charge on any atom is 0.257 e. The zero-order chi connectivity index (χ0) is 10.7. The molecule has 0 saturated heterocycles. The number of hydrogen-bond acceptors (Lipinski definition) is 4. The summed E-state index contributed by atoms with van der Waals surface area (Å²) in [5.74, 6) is 0.827. The molecular formula is C10H7BrN2O2. The van der Waals surface area contributed by atoms with Crippen molar-refractivity contribution in [3.63, 3.8) is 0 Å². The zero-order valence-electron chi connectivity index (χ0n) is 7.68. The van der Waals surface area contributed by atoms with Crippen molar-refractivity contribution in [1.82, 2.24) is 10.1 Å². The van der Waals surface area contributed by atoms with E-state index in [1.165, 1.54) is 0 Å². The number of rotatable bonds is 3. The molecule has 0 saturated carbocycles. The third kappa shape index (κ3) is 2.30. The fourth-order valence-electron chi connectivity index (χ4n) is 1.15. The second-order valence-corrected chi connectivity index (χ2v) is 3.81. The van der Waals surface area contributed by atoms with Crippen molar-refractivity contribution < 1.29 is 9.32 Å². The number of nitrogens with zero attached hydrogens (tertiary/aromatic N) is 2. The molecule has 2 rings (SSSR count). The summed E-state index contributed by atoms with van der Waals surface area (Å²) in [6.45, 7) is 0. The van der Waals surface area contributed by atoms with Gasteiger partial charge >= 0.3 is 0 Å². The summed E-state index contributed by atoms with van der Waals surface area (Å²) in [7, 11) is 0. The molecule has 1 aromatic carbocycles. The predicted octanol–water partition coefficient (Wildman–Crippen LogP) is 2.24. The molecule has 2 aromatic rings. The van der Waals surface area contributed by atoms with Crippen LogP contribution in [-0.2, 0) is 11.2 Å². The predicted molar refractivity (Wildman–Crippen MR) is 57.2 cm³/mol. The quantitative estimate of drug-likeness (QED) is 0.800. The van der Waals surface area contributed by atoms with Crippen molar-refractivity contribution in [1.29, 1.82) is 0 Å². The van der Waals surface area contributed by atoms with Crippen molar-refractivity contribution >= 4 is 22.2 Å². The second kappa shape index (κ2) is 4.35. The van der Waals surface area contributed by atoms with Gasteiger partial charge in [-0.1, -0.05) is 27.2 Å². The lowest BCUT2D eigenvalue weighted by atomic mass is 10.2. The molecule has 0 aliphatic heterocycles. The largest absolute Gasteiger partial charge is 0.334 e. The highest BCUT2D eigenvalue weighted by Gasteiger charge is 2.07. The molecule has 4 nitrogen and oxygen atoms in total. The number of halogens is 1. The van der Waals surface area contributed by atoms with Crippen LogP contribution >= 0.6 is 15.9 Å². The Morgan fingerprint density at radius 1 is 1.47 bits per heavy atom. The van der Waals surface area contributed by atoms with Gasteiger partial charge in [0.1, 0.15) is 6.29 Å². The summed E-state index contributed by atoms with van der Waals surface area (Å²) < 4.78 is 5.96. The minimum Gasteiger partial charge on any atom is -0.334 e. The van der Waals surface area contributed by atoms with E-state index < -0.39 is 0 Å². The normalized spacial score (nSPS) is 10.2. The van der Waals surface area contributed by atoms with E-state index in [1.54, 1.807) is 0 Å². The monoisotopic (exact) mass is 266 g/mol. The summed E-state index contributed by atoms with van der Waals surface area (Å²) in [5.41, 5.74) is 0.828. The van der Waals surface area contributed by atoms with Crippen LogP contribution in [0.25, 0.3) is 11.5 Å². The van der Waals surface area contributed by atoms with Gasteiger partial charge in [-0.15, -0.1) is 0 Å². The van der Waals surface area contributed by atoms with E-state index in [4.69, 9.17) is 4.52 Å². The van der Waals surface area contributed by atoms with E-state index >= 15 is 0 Å². The minimum absolute atomic E-state index is 0.178. The van der Waals surface area contributed by atoms with Crippen LogP contribution in [0, 0.1) is 0 Å². The SMILES string of the molecule is O=CCc1noc(-c2cccc(Br)c2)n1. The molecule has 0 N–H and O–H groups in total. The standard InChI is InChI=1S/C10H7BrN2O2/c11-8-3-1-2-7(6-8)10-12-9(4-5-14)13-15-10/h1-3,5-6H,4H2. The van der Waals surface area contributed by atoms with Crippen molar-refractivity contribution in [2.75, 3.05) is 0 Å². The average Bonchev–Trinajstić information content (AvgIpc) is 2.67. The summed E-state index contributed by atoms with van der Waals surface area (Å²) >= 11 is 3.35. The number of benzene rings is 1. The molecule has 0 radical (unpaired) electrons. The topological polar surface area (TPSA) is 56.0 Å². The molecule has 5 heteroatoms. The van der Waals surface area contributed by atoms with Crippen molar-refractivity contribution in [3.8, 4) is 11.5 Å². The lowest BCUT2D eigenvalue weighted by molar-refractivity contribution is -0.107. The molecule has 76 valence electrons. The Morgan fingerprint density at radius 2 is 2.33 bits per heavy atom. The lowest BCUT2D eigenvalue weighted by Gasteiger charge is -1.93. The average molecular weight is 267 g/mol. The molecule has 0 spiro atoms. The van der Waals surface area contributed by atoms with Crippen LogP contribution in [0.1, 0.15) is 5.82 Å². The highest BCUT2D eigenvalue weighted by atomic mass is 79.9. The molecule has 0 amide bonds. The van der Waals surface area contributed by atoms with Crippen LogP contribution in [-0.4, -0.2) is 16.4 Å². The van der Waals surface area contributed by atoms with Crippen molar-refractivity contribution in [2.24, 2.45) is 0 Å². The van der Waals surface area contributed by atoms with Crippen LogP contribution in [0.5, 0.6) is 0 Å². The number of hydrogen-bond donors (Lipinski definition) is 0. The molecule has 1 aromatic heterocycles. The Bertz CT molecular complexity index is 482. The maximum absolute atomic E-state index is 10.2. The van der Waals surface area contributed by atoms with Crippen LogP contribution < -0.4 is 0 Å². The van der Waals surface area contributed by atoms with E-state index in [1.807, 2.05) is 24.3 Å². The Hall–Kier alpha value is -1.49. The first-order valence-electron chi connectivity index (χ1n) is 4.32. The van der Waals surface area contributed by atoms with Crippen LogP contribution in [0.15, 0.2) is 33.3 Å². The molecule has 0 aliphatic rings. The van der Waals surface area contributed by atoms with Crippen LogP contribution in [0.3, 0.4) is 0 Å². The number of carbonyl (C=O) groups excluding carboxylic acids is 1. The van der Waals surface area contributed by atoms with Crippen LogP contribution in [0.4, 0.5) is 0 Å². The summed E-state index contributed by atoms with van der Waals surface area (Å²) in [6, 6.07) is 7.52. The van der Waals surface area contributed by atoms with Crippen molar-refractivity contribution in [2.45, 2.75) is 6.42 Å². The number of aldehydes is 1. The lowest BCUT2D eigenvalue weighted by Crippen LogP contribution is -1.87. The number of aromatic nitrogens is 2. The van der Waals surface area contributed by atoms with Gasteiger partial charge in [0.05, 0.1) is 6.42 Å². The van der Waals surface area contributed by atoms with E-state index in [2.05, 4.69) is 26.1 Å².